The quantitative estimate of drug-likeness (QED) is 0.507. The molecule has 0 aromatic heterocycles. The van der Waals surface area contributed by atoms with Gasteiger partial charge in [0.2, 0.25) is 0 Å². The van der Waals surface area contributed by atoms with Crippen LogP contribution in [0.15, 0.2) is 11.6 Å². The molecule has 3 nitrogen and oxygen atoms in total. The van der Waals surface area contributed by atoms with Gasteiger partial charge in [0.1, 0.15) is 6.10 Å². The number of unbranched alkanes of at least 4 members (excludes halogenated alkanes) is 1. The summed E-state index contributed by atoms with van der Waals surface area (Å²) in [5.74, 6) is 0.411. The predicted octanol–water partition coefficient (Wildman–Crippen LogP) is 4.39. The van der Waals surface area contributed by atoms with Gasteiger partial charge in [-0.1, -0.05) is 59.0 Å². The molecule has 0 radical (unpaired) electrons. The summed E-state index contributed by atoms with van der Waals surface area (Å²) in [6.07, 6.45) is 9.05. The number of esters is 1. The Morgan fingerprint density at radius 2 is 2.14 bits per heavy atom. The molecule has 0 bridgehead atoms. The van der Waals surface area contributed by atoms with E-state index in [1.807, 2.05) is 6.92 Å². The molecule has 0 saturated carbocycles. The Labute approximate surface area is 129 Å². The lowest BCUT2D eigenvalue weighted by Gasteiger charge is -2.28. The van der Waals surface area contributed by atoms with E-state index in [1.165, 1.54) is 31.3 Å². The van der Waals surface area contributed by atoms with Gasteiger partial charge in [0.25, 0.3) is 0 Å². The first-order valence-electron chi connectivity index (χ1n) is 8.61. The summed E-state index contributed by atoms with van der Waals surface area (Å²) in [6, 6.07) is 0. The number of hydrogen-bond donors (Lipinski definition) is 1. The van der Waals surface area contributed by atoms with Crippen molar-refractivity contribution in [3.8, 4) is 0 Å². The van der Waals surface area contributed by atoms with E-state index in [9.17, 15) is 9.90 Å². The van der Waals surface area contributed by atoms with Crippen molar-refractivity contribution < 1.29 is 14.6 Å². The molecule has 3 heteroatoms. The number of cyclic esters (lactones) is 1. The molecule has 1 unspecified atom stereocenters. The van der Waals surface area contributed by atoms with E-state index in [4.69, 9.17) is 4.74 Å². The molecule has 0 aromatic carbocycles. The lowest BCUT2D eigenvalue weighted by molar-refractivity contribution is -0.146. The van der Waals surface area contributed by atoms with Crippen LogP contribution >= 0.6 is 0 Å². The first-order valence-corrected chi connectivity index (χ1v) is 8.61. The highest BCUT2D eigenvalue weighted by molar-refractivity contribution is 5.74. The minimum atomic E-state index is -0.786. The standard InChI is InChI=1S/C18H32O3/c1-5-9-10-14(6-2)11-15(7-3)13-18(8-4)16(19)12-17(20)21-18/h13-14,16,19H,5-12H2,1-4H3/b15-13+/t14?,16-,18+/m0/s1. The zero-order valence-electron chi connectivity index (χ0n) is 14.2. The van der Waals surface area contributed by atoms with Gasteiger partial charge >= 0.3 is 5.97 Å². The van der Waals surface area contributed by atoms with Crippen LogP contribution in [0, 0.1) is 5.92 Å². The highest BCUT2D eigenvalue weighted by atomic mass is 16.6. The molecule has 0 aliphatic carbocycles. The Balaban J connectivity index is 2.83. The molecule has 1 aliphatic rings. The molecule has 0 aromatic rings. The fourth-order valence-corrected chi connectivity index (χ4v) is 3.15. The molecule has 0 amide bonds. The van der Waals surface area contributed by atoms with Crippen LogP contribution in [-0.4, -0.2) is 22.8 Å². The van der Waals surface area contributed by atoms with Crippen molar-refractivity contribution >= 4 is 5.97 Å². The number of ether oxygens (including phenoxy) is 1. The van der Waals surface area contributed by atoms with Gasteiger partial charge in [0, 0.05) is 0 Å². The first-order chi connectivity index (χ1) is 10.0. The van der Waals surface area contributed by atoms with E-state index in [1.54, 1.807) is 0 Å². The SMILES string of the molecule is CCCCC(CC)C/C(=C/[C@@]1(CC)OC(=O)C[C@@H]1O)CC. The molecular formula is C18H32O3. The van der Waals surface area contributed by atoms with Crippen LogP contribution in [-0.2, 0) is 9.53 Å². The number of carbonyl (C=O) groups is 1. The largest absolute Gasteiger partial charge is 0.452 e. The first kappa shape index (κ1) is 18.2. The van der Waals surface area contributed by atoms with Crippen molar-refractivity contribution in [1.29, 1.82) is 0 Å². The van der Waals surface area contributed by atoms with Crippen LogP contribution < -0.4 is 0 Å². The zero-order valence-corrected chi connectivity index (χ0v) is 14.2. The molecule has 1 heterocycles. The molecule has 1 aliphatic heterocycles. The summed E-state index contributed by atoms with van der Waals surface area (Å²) in [5, 5.41) is 10.2. The van der Waals surface area contributed by atoms with Gasteiger partial charge in [-0.25, -0.2) is 0 Å². The maximum Gasteiger partial charge on any atom is 0.309 e. The third kappa shape index (κ3) is 4.84. The topological polar surface area (TPSA) is 46.5 Å². The maximum absolute atomic E-state index is 11.5. The van der Waals surface area contributed by atoms with Gasteiger partial charge in [0.15, 0.2) is 5.60 Å². The number of carbonyl (C=O) groups excluding carboxylic acids is 1. The van der Waals surface area contributed by atoms with E-state index in [0.717, 1.165) is 12.8 Å². The Hall–Kier alpha value is -0.830. The summed E-state index contributed by atoms with van der Waals surface area (Å²) < 4.78 is 5.47. The van der Waals surface area contributed by atoms with Gasteiger partial charge in [0.05, 0.1) is 6.42 Å². The van der Waals surface area contributed by atoms with E-state index >= 15 is 0 Å². The van der Waals surface area contributed by atoms with Crippen LogP contribution in [0.3, 0.4) is 0 Å². The summed E-state index contributed by atoms with van der Waals surface area (Å²) in [6.45, 7) is 8.59. The average Bonchev–Trinajstić information content (AvgIpc) is 2.76. The van der Waals surface area contributed by atoms with Gasteiger partial charge < -0.3 is 9.84 Å². The lowest BCUT2D eigenvalue weighted by Crippen LogP contribution is -2.37. The van der Waals surface area contributed by atoms with Crippen LogP contribution in [0.5, 0.6) is 0 Å². The number of aliphatic hydroxyl groups excluding tert-OH is 1. The minimum absolute atomic E-state index is 0.119. The number of aliphatic hydroxyl groups is 1. The van der Waals surface area contributed by atoms with Crippen molar-refractivity contribution in [2.45, 2.75) is 90.8 Å². The van der Waals surface area contributed by atoms with Crippen LogP contribution in [0.4, 0.5) is 0 Å². The van der Waals surface area contributed by atoms with E-state index in [-0.39, 0.29) is 12.4 Å². The molecule has 1 saturated heterocycles. The number of hydrogen-bond acceptors (Lipinski definition) is 3. The van der Waals surface area contributed by atoms with Crippen LogP contribution in [0.2, 0.25) is 0 Å². The van der Waals surface area contributed by atoms with Crippen molar-refractivity contribution in [2.75, 3.05) is 0 Å². The Kier molecular flexibility index (Phi) is 7.44. The van der Waals surface area contributed by atoms with E-state index in [2.05, 4.69) is 26.8 Å². The third-order valence-electron chi connectivity index (χ3n) is 4.78. The molecule has 21 heavy (non-hydrogen) atoms. The monoisotopic (exact) mass is 296 g/mol. The third-order valence-corrected chi connectivity index (χ3v) is 4.78. The van der Waals surface area contributed by atoms with E-state index < -0.39 is 11.7 Å². The van der Waals surface area contributed by atoms with Gasteiger partial charge in [-0.15, -0.1) is 0 Å². The van der Waals surface area contributed by atoms with Gasteiger partial charge in [-0.05, 0) is 31.3 Å². The van der Waals surface area contributed by atoms with Gasteiger partial charge in [-0.2, -0.15) is 0 Å². The van der Waals surface area contributed by atoms with Crippen molar-refractivity contribution in [3.63, 3.8) is 0 Å². The number of rotatable bonds is 9. The fourth-order valence-electron chi connectivity index (χ4n) is 3.15. The highest BCUT2D eigenvalue weighted by Gasteiger charge is 2.45. The zero-order chi connectivity index (χ0) is 15.9. The number of allylic oxidation sites excluding steroid dienone is 1. The molecule has 122 valence electrons. The smallest absolute Gasteiger partial charge is 0.309 e. The van der Waals surface area contributed by atoms with Crippen molar-refractivity contribution in [3.05, 3.63) is 11.6 Å². The Bertz CT molecular complexity index is 361. The summed E-state index contributed by atoms with van der Waals surface area (Å²) >= 11 is 0. The van der Waals surface area contributed by atoms with E-state index in [0.29, 0.717) is 12.3 Å². The fraction of sp³-hybridized carbons (Fsp3) is 0.833. The second-order valence-corrected chi connectivity index (χ2v) is 6.28. The molecule has 1 N–H and O–H groups in total. The predicted molar refractivity (Wildman–Crippen MR) is 86.0 cm³/mol. The Morgan fingerprint density at radius 1 is 1.43 bits per heavy atom. The summed E-state index contributed by atoms with van der Waals surface area (Å²) in [4.78, 5) is 11.5. The van der Waals surface area contributed by atoms with Crippen LogP contribution in [0.25, 0.3) is 0 Å². The molecular weight excluding hydrogens is 264 g/mol. The average molecular weight is 296 g/mol. The molecule has 1 fully saturated rings. The second kappa shape index (κ2) is 8.57. The lowest BCUT2D eigenvalue weighted by atomic mass is 9.85. The van der Waals surface area contributed by atoms with Crippen molar-refractivity contribution in [2.24, 2.45) is 5.92 Å². The summed E-state index contributed by atoms with van der Waals surface area (Å²) in [5.41, 5.74) is 0.527. The summed E-state index contributed by atoms with van der Waals surface area (Å²) in [7, 11) is 0. The molecule has 0 spiro atoms. The van der Waals surface area contributed by atoms with Gasteiger partial charge in [-0.3, -0.25) is 4.79 Å². The Morgan fingerprint density at radius 3 is 2.57 bits per heavy atom. The second-order valence-electron chi connectivity index (χ2n) is 6.28. The minimum Gasteiger partial charge on any atom is -0.452 e. The molecule has 3 atom stereocenters. The van der Waals surface area contributed by atoms with Crippen LogP contribution in [0.1, 0.15) is 79.1 Å². The normalized spacial score (nSPS) is 27.8. The molecule has 1 rings (SSSR count). The maximum atomic E-state index is 11.5. The highest BCUT2D eigenvalue weighted by Crippen LogP contribution is 2.35. The van der Waals surface area contributed by atoms with Crippen molar-refractivity contribution in [1.82, 2.24) is 0 Å².